The normalized spacial score (nSPS) is 11.0. The van der Waals surface area contributed by atoms with E-state index in [1.165, 1.54) is 6.07 Å². The minimum atomic E-state index is -0.316. The van der Waals surface area contributed by atoms with Gasteiger partial charge < -0.3 is 10.3 Å². The minimum absolute atomic E-state index is 0.316. The van der Waals surface area contributed by atoms with Crippen LogP contribution in [0.5, 0.6) is 0 Å². The summed E-state index contributed by atoms with van der Waals surface area (Å²) in [4.78, 5) is 4.00. The number of nitrogens with zero attached hydrogens (tertiary/aromatic N) is 2. The highest BCUT2D eigenvalue weighted by Gasteiger charge is 2.09. The first-order valence-electron chi connectivity index (χ1n) is 4.64. The number of benzene rings is 1. The number of hydrogen-bond donors (Lipinski definition) is 1. The Balaban J connectivity index is 2.70. The molecule has 2 rings (SSSR count). The van der Waals surface area contributed by atoms with Crippen LogP contribution in [0.2, 0.25) is 0 Å². The number of fused-ring (bicyclic) bond motifs is 1. The zero-order chi connectivity index (χ0) is 10.1. The Bertz CT molecular complexity index is 462. The molecule has 0 radical (unpaired) electrons. The van der Waals surface area contributed by atoms with Crippen molar-refractivity contribution in [2.75, 3.05) is 5.73 Å². The average Bonchev–Trinajstić information content (AvgIpc) is 2.47. The first kappa shape index (κ1) is 8.99. The Morgan fingerprint density at radius 1 is 1.50 bits per heavy atom. The van der Waals surface area contributed by atoms with Gasteiger partial charge in [0.25, 0.3) is 0 Å². The highest BCUT2D eigenvalue weighted by molar-refractivity contribution is 5.78. The van der Waals surface area contributed by atoms with E-state index in [4.69, 9.17) is 5.73 Å². The standard InChI is InChI=1S/C10H12FN3/c1-2-6-14-8-5-3-4-7(11)9(8)13-10(14)12/h3-5H,2,6H2,1H3,(H2,12,13). The van der Waals surface area contributed by atoms with E-state index in [-0.39, 0.29) is 5.82 Å². The molecule has 0 atom stereocenters. The van der Waals surface area contributed by atoms with Crippen molar-refractivity contribution < 1.29 is 4.39 Å². The zero-order valence-electron chi connectivity index (χ0n) is 8.00. The van der Waals surface area contributed by atoms with Crippen LogP contribution in [-0.2, 0) is 6.54 Å². The van der Waals surface area contributed by atoms with E-state index in [9.17, 15) is 4.39 Å². The van der Waals surface area contributed by atoms with E-state index in [0.29, 0.717) is 11.5 Å². The van der Waals surface area contributed by atoms with Gasteiger partial charge in [-0.15, -0.1) is 0 Å². The van der Waals surface area contributed by atoms with E-state index < -0.39 is 0 Å². The number of para-hydroxylation sites is 1. The fraction of sp³-hybridized carbons (Fsp3) is 0.300. The maximum atomic E-state index is 13.3. The molecule has 0 aliphatic rings. The Labute approximate surface area is 81.4 Å². The van der Waals surface area contributed by atoms with Crippen LogP contribution in [0.15, 0.2) is 18.2 Å². The van der Waals surface area contributed by atoms with Crippen LogP contribution in [0.4, 0.5) is 10.3 Å². The minimum Gasteiger partial charge on any atom is -0.369 e. The predicted octanol–water partition coefficient (Wildman–Crippen LogP) is 2.17. The molecule has 0 amide bonds. The smallest absolute Gasteiger partial charge is 0.201 e. The molecule has 4 heteroatoms. The van der Waals surface area contributed by atoms with Gasteiger partial charge in [0.2, 0.25) is 5.95 Å². The van der Waals surface area contributed by atoms with E-state index >= 15 is 0 Å². The monoisotopic (exact) mass is 193 g/mol. The molecule has 1 aromatic carbocycles. The van der Waals surface area contributed by atoms with Gasteiger partial charge in [0, 0.05) is 6.54 Å². The predicted molar refractivity (Wildman–Crippen MR) is 54.4 cm³/mol. The van der Waals surface area contributed by atoms with Crippen LogP contribution in [0, 0.1) is 5.82 Å². The first-order valence-corrected chi connectivity index (χ1v) is 4.64. The van der Waals surface area contributed by atoms with Crippen molar-refractivity contribution in [2.24, 2.45) is 0 Å². The molecule has 0 saturated heterocycles. The van der Waals surface area contributed by atoms with Gasteiger partial charge in [-0.25, -0.2) is 9.37 Å². The molecule has 3 nitrogen and oxygen atoms in total. The van der Waals surface area contributed by atoms with E-state index in [1.807, 2.05) is 17.6 Å². The van der Waals surface area contributed by atoms with Crippen molar-refractivity contribution >= 4 is 17.0 Å². The Hall–Kier alpha value is -1.58. The van der Waals surface area contributed by atoms with Crippen molar-refractivity contribution in [3.63, 3.8) is 0 Å². The summed E-state index contributed by atoms with van der Waals surface area (Å²) in [5.41, 5.74) is 6.82. The summed E-state index contributed by atoms with van der Waals surface area (Å²) in [6.07, 6.45) is 0.951. The number of nitrogen functional groups attached to an aromatic ring is 1. The fourth-order valence-electron chi connectivity index (χ4n) is 1.59. The molecule has 0 unspecified atom stereocenters. The van der Waals surface area contributed by atoms with Crippen LogP contribution < -0.4 is 5.73 Å². The third-order valence-electron chi connectivity index (χ3n) is 2.21. The van der Waals surface area contributed by atoms with Crippen LogP contribution in [0.3, 0.4) is 0 Å². The summed E-state index contributed by atoms with van der Waals surface area (Å²) in [7, 11) is 0. The summed E-state index contributed by atoms with van der Waals surface area (Å²) >= 11 is 0. The molecule has 0 saturated carbocycles. The summed E-state index contributed by atoms with van der Waals surface area (Å²) in [6, 6.07) is 4.90. The van der Waals surface area contributed by atoms with Crippen molar-refractivity contribution in [2.45, 2.75) is 19.9 Å². The van der Waals surface area contributed by atoms with Crippen molar-refractivity contribution in [3.05, 3.63) is 24.0 Å². The number of halogens is 1. The molecule has 2 aromatic rings. The largest absolute Gasteiger partial charge is 0.369 e. The molecule has 74 valence electrons. The molecular weight excluding hydrogens is 181 g/mol. The third kappa shape index (κ3) is 1.23. The Morgan fingerprint density at radius 2 is 2.29 bits per heavy atom. The second kappa shape index (κ2) is 3.29. The second-order valence-corrected chi connectivity index (χ2v) is 3.23. The lowest BCUT2D eigenvalue weighted by molar-refractivity contribution is 0.637. The molecule has 0 spiro atoms. The molecule has 14 heavy (non-hydrogen) atoms. The molecule has 2 N–H and O–H groups in total. The highest BCUT2D eigenvalue weighted by Crippen LogP contribution is 2.20. The molecule has 0 aliphatic heterocycles. The summed E-state index contributed by atoms with van der Waals surface area (Å²) < 4.78 is 15.1. The topological polar surface area (TPSA) is 43.8 Å². The maximum Gasteiger partial charge on any atom is 0.201 e. The van der Waals surface area contributed by atoms with Crippen LogP contribution in [0.1, 0.15) is 13.3 Å². The number of aromatic nitrogens is 2. The molecule has 0 fully saturated rings. The number of imidazole rings is 1. The number of nitrogens with two attached hydrogens (primary N) is 1. The molecular formula is C10H12FN3. The van der Waals surface area contributed by atoms with E-state index in [2.05, 4.69) is 4.98 Å². The lowest BCUT2D eigenvalue weighted by Gasteiger charge is -2.02. The van der Waals surface area contributed by atoms with Gasteiger partial charge in [-0.2, -0.15) is 0 Å². The third-order valence-corrected chi connectivity index (χ3v) is 2.21. The lowest BCUT2D eigenvalue weighted by Crippen LogP contribution is -2.02. The van der Waals surface area contributed by atoms with Crippen LogP contribution in [0.25, 0.3) is 11.0 Å². The molecule has 1 heterocycles. The van der Waals surface area contributed by atoms with E-state index in [0.717, 1.165) is 18.5 Å². The summed E-state index contributed by atoms with van der Waals surface area (Å²) in [5.74, 6) is 0.0657. The van der Waals surface area contributed by atoms with Gasteiger partial charge >= 0.3 is 0 Å². The zero-order valence-corrected chi connectivity index (χ0v) is 8.00. The first-order chi connectivity index (χ1) is 6.74. The number of hydrogen-bond acceptors (Lipinski definition) is 2. The van der Waals surface area contributed by atoms with Crippen molar-refractivity contribution in [3.8, 4) is 0 Å². The van der Waals surface area contributed by atoms with Gasteiger partial charge in [-0.05, 0) is 18.6 Å². The fourth-order valence-corrected chi connectivity index (χ4v) is 1.59. The van der Waals surface area contributed by atoms with Crippen molar-refractivity contribution in [1.82, 2.24) is 9.55 Å². The van der Waals surface area contributed by atoms with Crippen molar-refractivity contribution in [1.29, 1.82) is 0 Å². The number of rotatable bonds is 2. The van der Waals surface area contributed by atoms with Gasteiger partial charge in [-0.1, -0.05) is 13.0 Å². The van der Waals surface area contributed by atoms with Gasteiger partial charge in [0.1, 0.15) is 5.52 Å². The summed E-state index contributed by atoms with van der Waals surface area (Å²) in [5, 5.41) is 0. The number of aryl methyl sites for hydroxylation is 1. The Morgan fingerprint density at radius 3 is 3.00 bits per heavy atom. The SMILES string of the molecule is CCCn1c(N)nc2c(F)cccc21. The van der Waals surface area contributed by atoms with Crippen LogP contribution >= 0.6 is 0 Å². The molecule has 1 aromatic heterocycles. The maximum absolute atomic E-state index is 13.3. The van der Waals surface area contributed by atoms with E-state index in [1.54, 1.807) is 6.07 Å². The number of anilines is 1. The van der Waals surface area contributed by atoms with Gasteiger partial charge in [0.05, 0.1) is 5.52 Å². The quantitative estimate of drug-likeness (QED) is 0.794. The average molecular weight is 193 g/mol. The van der Waals surface area contributed by atoms with Gasteiger partial charge in [0.15, 0.2) is 5.82 Å². The van der Waals surface area contributed by atoms with Gasteiger partial charge in [-0.3, -0.25) is 0 Å². The lowest BCUT2D eigenvalue weighted by atomic mass is 10.3. The van der Waals surface area contributed by atoms with Crippen LogP contribution in [-0.4, -0.2) is 9.55 Å². The molecule has 0 aliphatic carbocycles. The molecule has 0 bridgehead atoms. The Kier molecular flexibility index (Phi) is 2.11. The highest BCUT2D eigenvalue weighted by atomic mass is 19.1. The second-order valence-electron chi connectivity index (χ2n) is 3.23. The summed E-state index contributed by atoms with van der Waals surface area (Å²) in [6.45, 7) is 2.82.